The van der Waals surface area contributed by atoms with Gasteiger partial charge in [0.15, 0.2) is 0 Å². The van der Waals surface area contributed by atoms with Gasteiger partial charge in [-0.1, -0.05) is 0 Å². The Bertz CT molecular complexity index is 137. The lowest BCUT2D eigenvalue weighted by atomic mass is 10.4. The molecule has 2 N–H and O–H groups in total. The fourth-order valence-electron chi connectivity index (χ4n) is 0.691. The largest absolute Gasteiger partial charge is 0.596 e. The Hall–Kier alpha value is -0.700. The SMILES string of the molecule is CC1(C)OC/C(=C/[OH2+])O1. The second-order valence-corrected chi connectivity index (χ2v) is 2.40. The Balaban J connectivity index is 2.57. The third-order valence-electron chi connectivity index (χ3n) is 1.10. The van der Waals surface area contributed by atoms with Crippen LogP contribution in [0.5, 0.6) is 0 Å². The van der Waals surface area contributed by atoms with E-state index in [0.717, 1.165) is 0 Å². The molecule has 1 aliphatic rings. The Morgan fingerprint density at radius 3 is 2.56 bits per heavy atom. The average molecular weight is 131 g/mol. The molecule has 1 saturated heterocycles. The minimum atomic E-state index is -0.521. The molecule has 0 aromatic heterocycles. The second-order valence-electron chi connectivity index (χ2n) is 2.40. The molecular formula is C6H11O3+. The predicted octanol–water partition coefficient (Wildman–Crippen LogP) is 0.335. The lowest BCUT2D eigenvalue weighted by Gasteiger charge is -2.14. The first kappa shape index (κ1) is 6.42. The minimum absolute atomic E-state index is 0.427. The molecule has 0 aromatic rings. The van der Waals surface area contributed by atoms with Crippen molar-refractivity contribution >= 4 is 0 Å². The van der Waals surface area contributed by atoms with Gasteiger partial charge in [0.05, 0.1) is 0 Å². The summed E-state index contributed by atoms with van der Waals surface area (Å²) in [5, 5.41) is 6.81. The lowest BCUT2D eigenvalue weighted by Crippen LogP contribution is -2.18. The fraction of sp³-hybridized carbons (Fsp3) is 0.667. The van der Waals surface area contributed by atoms with Gasteiger partial charge in [0.1, 0.15) is 6.61 Å². The molecule has 3 nitrogen and oxygen atoms in total. The molecule has 1 aliphatic heterocycles. The predicted molar refractivity (Wildman–Crippen MR) is 32.8 cm³/mol. The maximum atomic E-state index is 6.81. The van der Waals surface area contributed by atoms with E-state index in [4.69, 9.17) is 14.6 Å². The van der Waals surface area contributed by atoms with Gasteiger partial charge in [-0.05, 0) is 0 Å². The Labute approximate surface area is 53.9 Å². The van der Waals surface area contributed by atoms with Gasteiger partial charge in [-0.25, -0.2) is 0 Å². The zero-order valence-corrected chi connectivity index (χ0v) is 5.60. The summed E-state index contributed by atoms with van der Waals surface area (Å²) in [5.41, 5.74) is 0. The van der Waals surface area contributed by atoms with E-state index in [1.165, 1.54) is 6.26 Å². The summed E-state index contributed by atoms with van der Waals surface area (Å²) in [5.74, 6) is 0.0763. The summed E-state index contributed by atoms with van der Waals surface area (Å²) < 4.78 is 10.3. The monoisotopic (exact) mass is 131 g/mol. The first-order chi connectivity index (χ1) is 4.14. The van der Waals surface area contributed by atoms with Crippen molar-refractivity contribution < 1.29 is 14.6 Å². The first-order valence-electron chi connectivity index (χ1n) is 2.83. The standard InChI is InChI=1S/C6H10O3/c1-6(2)8-4-5(3-7)9-6/h3,7H,4H2,1-2H3/p+1/b5-3-. The van der Waals surface area contributed by atoms with Crippen molar-refractivity contribution in [3.63, 3.8) is 0 Å². The summed E-state index contributed by atoms with van der Waals surface area (Å²) in [4.78, 5) is 0. The Kier molecular flexibility index (Phi) is 1.37. The average Bonchev–Trinajstić information content (AvgIpc) is 2.10. The van der Waals surface area contributed by atoms with E-state index in [1.54, 1.807) is 0 Å². The number of ether oxygens (including phenoxy) is 2. The van der Waals surface area contributed by atoms with E-state index in [-0.39, 0.29) is 0 Å². The maximum absolute atomic E-state index is 6.81. The molecule has 1 rings (SSSR count). The molecule has 0 radical (unpaired) electrons. The topological polar surface area (TPSA) is 41.4 Å². The highest BCUT2D eigenvalue weighted by molar-refractivity contribution is 4.93. The van der Waals surface area contributed by atoms with Crippen molar-refractivity contribution in [1.82, 2.24) is 0 Å². The van der Waals surface area contributed by atoms with Crippen molar-refractivity contribution in [2.24, 2.45) is 0 Å². The van der Waals surface area contributed by atoms with Gasteiger partial charge in [-0.15, -0.1) is 0 Å². The molecule has 9 heavy (non-hydrogen) atoms. The molecule has 1 heterocycles. The van der Waals surface area contributed by atoms with Crippen LogP contribution in [-0.2, 0) is 9.47 Å². The van der Waals surface area contributed by atoms with Crippen molar-refractivity contribution in [1.29, 1.82) is 0 Å². The molecule has 0 bridgehead atoms. The molecule has 0 spiro atoms. The molecule has 0 atom stereocenters. The van der Waals surface area contributed by atoms with Gasteiger partial charge >= 0.3 is 0 Å². The van der Waals surface area contributed by atoms with Crippen molar-refractivity contribution in [2.75, 3.05) is 6.61 Å². The third kappa shape index (κ3) is 1.36. The minimum Gasteiger partial charge on any atom is -0.596 e. The van der Waals surface area contributed by atoms with Crippen LogP contribution in [0.25, 0.3) is 0 Å². The molecule has 0 amide bonds. The maximum Gasteiger partial charge on any atom is 0.257 e. The Morgan fingerprint density at radius 1 is 1.67 bits per heavy atom. The number of hydrogen-bond donors (Lipinski definition) is 0. The smallest absolute Gasteiger partial charge is 0.257 e. The summed E-state index contributed by atoms with van der Waals surface area (Å²) in [6, 6.07) is 0. The van der Waals surface area contributed by atoms with E-state index in [9.17, 15) is 0 Å². The summed E-state index contributed by atoms with van der Waals surface area (Å²) in [6.07, 6.45) is 1.18. The van der Waals surface area contributed by atoms with Crippen LogP contribution in [0.1, 0.15) is 13.8 Å². The highest BCUT2D eigenvalue weighted by Crippen LogP contribution is 2.23. The summed E-state index contributed by atoms with van der Waals surface area (Å²) in [6.45, 7) is 4.07. The molecule has 0 aromatic carbocycles. The van der Waals surface area contributed by atoms with Gasteiger partial charge in [0.2, 0.25) is 11.5 Å². The molecule has 52 valence electrons. The summed E-state index contributed by atoms with van der Waals surface area (Å²) in [7, 11) is 0. The molecule has 0 aliphatic carbocycles. The zero-order chi connectivity index (χ0) is 6.91. The van der Waals surface area contributed by atoms with Crippen LogP contribution in [0, 0.1) is 0 Å². The van der Waals surface area contributed by atoms with Crippen LogP contribution in [0.2, 0.25) is 0 Å². The Morgan fingerprint density at radius 2 is 2.33 bits per heavy atom. The van der Waals surface area contributed by atoms with Crippen molar-refractivity contribution in [3.05, 3.63) is 12.0 Å². The van der Waals surface area contributed by atoms with Crippen LogP contribution in [0.15, 0.2) is 12.0 Å². The van der Waals surface area contributed by atoms with E-state index in [1.807, 2.05) is 13.8 Å². The third-order valence-corrected chi connectivity index (χ3v) is 1.10. The van der Waals surface area contributed by atoms with Crippen LogP contribution in [-0.4, -0.2) is 17.5 Å². The first-order valence-corrected chi connectivity index (χ1v) is 2.83. The van der Waals surface area contributed by atoms with Crippen LogP contribution in [0.4, 0.5) is 0 Å². The van der Waals surface area contributed by atoms with Crippen molar-refractivity contribution in [2.45, 2.75) is 19.6 Å². The van der Waals surface area contributed by atoms with Gasteiger partial charge in [-0.3, -0.25) is 0 Å². The lowest BCUT2D eigenvalue weighted by molar-refractivity contribution is -0.117. The highest BCUT2D eigenvalue weighted by Gasteiger charge is 2.30. The molecule has 3 heteroatoms. The molecular weight excluding hydrogens is 120 g/mol. The second kappa shape index (κ2) is 1.92. The normalized spacial score (nSPS) is 28.4. The fourth-order valence-corrected chi connectivity index (χ4v) is 0.691. The molecule has 1 fully saturated rings. The molecule has 0 saturated carbocycles. The van der Waals surface area contributed by atoms with Crippen LogP contribution in [0.3, 0.4) is 0 Å². The van der Waals surface area contributed by atoms with E-state index >= 15 is 0 Å². The van der Waals surface area contributed by atoms with Crippen molar-refractivity contribution in [3.8, 4) is 0 Å². The van der Waals surface area contributed by atoms with E-state index < -0.39 is 5.79 Å². The van der Waals surface area contributed by atoms with Crippen LogP contribution >= 0.6 is 0 Å². The van der Waals surface area contributed by atoms with Gasteiger partial charge in [-0.2, -0.15) is 0 Å². The van der Waals surface area contributed by atoms with Gasteiger partial charge in [0, 0.05) is 13.8 Å². The van der Waals surface area contributed by atoms with E-state index in [0.29, 0.717) is 12.4 Å². The van der Waals surface area contributed by atoms with Gasteiger partial charge < -0.3 is 14.6 Å². The number of rotatable bonds is 0. The zero-order valence-electron chi connectivity index (χ0n) is 5.60. The van der Waals surface area contributed by atoms with Gasteiger partial charge in [0.25, 0.3) is 6.26 Å². The quantitative estimate of drug-likeness (QED) is 0.351. The van der Waals surface area contributed by atoms with E-state index in [2.05, 4.69) is 0 Å². The number of hydrogen-bond acceptors (Lipinski definition) is 2. The highest BCUT2D eigenvalue weighted by atomic mass is 16.7. The van der Waals surface area contributed by atoms with Crippen LogP contribution < -0.4 is 0 Å². The summed E-state index contributed by atoms with van der Waals surface area (Å²) >= 11 is 0. The molecule has 0 unspecified atom stereocenters.